The van der Waals surface area contributed by atoms with Crippen molar-refractivity contribution in [2.75, 3.05) is 19.5 Å². The maximum absolute atomic E-state index is 11.9. The Morgan fingerprint density at radius 2 is 1.96 bits per heavy atom. The molecule has 1 aliphatic heterocycles. The molecule has 1 aliphatic rings. The van der Waals surface area contributed by atoms with E-state index in [0.29, 0.717) is 19.4 Å². The minimum atomic E-state index is -3.76. The first-order valence-electron chi connectivity index (χ1n) is 7.25. The maximum Gasteiger partial charge on any atom is 0.379 e. The number of halogens is 3. The third kappa shape index (κ3) is 7.21. The lowest BCUT2D eigenvalue weighted by Gasteiger charge is -2.13. The molecule has 26 heavy (non-hydrogen) atoms. The maximum atomic E-state index is 11.9. The summed E-state index contributed by atoms with van der Waals surface area (Å²) in [5.41, 5.74) is 0.252. The molecule has 0 amide bonds. The van der Waals surface area contributed by atoms with Crippen molar-refractivity contribution in [3.05, 3.63) is 29.5 Å². The number of hydrogen-bond donors (Lipinski definition) is 1. The summed E-state index contributed by atoms with van der Waals surface area (Å²) in [5, 5.41) is 9.00. The molecule has 1 aromatic carbocycles. The third-order valence-corrected chi connectivity index (χ3v) is 4.19. The van der Waals surface area contributed by atoms with Gasteiger partial charge in [0.05, 0.1) is 19.5 Å². The predicted molar refractivity (Wildman–Crippen MR) is 85.3 cm³/mol. The largest absolute Gasteiger partial charge is 0.490 e. The Balaban J connectivity index is 0.000000765. The van der Waals surface area contributed by atoms with E-state index in [4.69, 9.17) is 18.8 Å². The number of alkyl halides is 3. The molecular weight excluding hydrogens is 381 g/mol. The molecule has 0 atom stereocenters. The Morgan fingerprint density at radius 1 is 1.31 bits per heavy atom. The van der Waals surface area contributed by atoms with E-state index in [1.165, 1.54) is 19.3 Å². The second kappa shape index (κ2) is 9.90. The fourth-order valence-corrected chi connectivity index (χ4v) is 3.00. The van der Waals surface area contributed by atoms with Crippen LogP contribution in [-0.2, 0) is 19.6 Å². The fraction of sp³-hybridized carbons (Fsp3) is 0.400. The second-order valence-electron chi connectivity index (χ2n) is 4.84. The van der Waals surface area contributed by atoms with E-state index < -0.39 is 22.8 Å². The van der Waals surface area contributed by atoms with Gasteiger partial charge in [0.15, 0.2) is 11.5 Å². The minimum absolute atomic E-state index is 0.0276. The summed E-state index contributed by atoms with van der Waals surface area (Å²) in [6.45, 7) is -3.31. The molecule has 146 valence electrons. The van der Waals surface area contributed by atoms with E-state index in [9.17, 15) is 26.4 Å². The summed E-state index contributed by atoms with van der Waals surface area (Å²) in [6.07, 6.45) is 2.21. The first-order valence-corrected chi connectivity index (χ1v) is 8.83. The van der Waals surface area contributed by atoms with Crippen LogP contribution in [0.2, 0.25) is 0 Å². The van der Waals surface area contributed by atoms with Gasteiger partial charge in [-0.3, -0.25) is 0 Å². The Bertz CT molecular complexity index is 745. The van der Waals surface area contributed by atoms with E-state index >= 15 is 0 Å². The summed E-state index contributed by atoms with van der Waals surface area (Å²) >= 11 is 0. The van der Waals surface area contributed by atoms with Crippen LogP contribution in [0.5, 0.6) is 11.5 Å². The first-order chi connectivity index (χ1) is 12.2. The highest BCUT2D eigenvalue weighted by atomic mass is 32.2. The number of carboxylic acids is 1. The standard InChI is InChI=1S/C14H16O7S.CHF3/c1-19-12(14(15)16)9-10-5-4-6-11-13(10)21-22(17,18)8-3-2-7-20-11;2-1(3)4/h4-6,9H,2-3,7-8H2,1H3,(H,15,16);1H. The number of carboxylic acid groups (broad SMARTS) is 1. The molecule has 1 N–H and O–H groups in total. The highest BCUT2D eigenvalue weighted by Crippen LogP contribution is 2.35. The summed E-state index contributed by atoms with van der Waals surface area (Å²) < 4.78 is 68.2. The lowest BCUT2D eigenvalue weighted by molar-refractivity contribution is -0.135. The van der Waals surface area contributed by atoms with Crippen LogP contribution in [-0.4, -0.2) is 45.6 Å². The van der Waals surface area contributed by atoms with Gasteiger partial charge in [0.25, 0.3) is 0 Å². The second-order valence-corrected chi connectivity index (χ2v) is 6.53. The molecule has 0 saturated carbocycles. The smallest absolute Gasteiger partial charge is 0.379 e. The number of hydrogen-bond acceptors (Lipinski definition) is 6. The number of methoxy groups -OCH3 is 1. The Hall–Kier alpha value is -2.43. The van der Waals surface area contributed by atoms with Gasteiger partial charge in [0.2, 0.25) is 5.76 Å². The molecule has 0 spiro atoms. The average molecular weight is 398 g/mol. The summed E-state index contributed by atoms with van der Waals surface area (Å²) in [5.74, 6) is -1.51. The van der Waals surface area contributed by atoms with Crippen molar-refractivity contribution in [2.45, 2.75) is 19.5 Å². The molecule has 2 rings (SSSR count). The van der Waals surface area contributed by atoms with Crippen LogP contribution in [0.1, 0.15) is 18.4 Å². The Kier molecular flexibility index (Phi) is 8.23. The number of ether oxygens (including phenoxy) is 2. The zero-order valence-corrected chi connectivity index (χ0v) is 14.5. The van der Waals surface area contributed by atoms with Crippen LogP contribution in [0.25, 0.3) is 6.08 Å². The average Bonchev–Trinajstić information content (AvgIpc) is 2.60. The minimum Gasteiger partial charge on any atom is -0.490 e. The molecule has 0 aliphatic carbocycles. The van der Waals surface area contributed by atoms with Crippen LogP contribution in [0, 0.1) is 0 Å². The van der Waals surface area contributed by atoms with E-state index in [1.807, 2.05) is 0 Å². The molecule has 0 fully saturated rings. The van der Waals surface area contributed by atoms with Gasteiger partial charge < -0.3 is 18.8 Å². The van der Waals surface area contributed by atoms with Gasteiger partial charge in [-0.1, -0.05) is 12.1 Å². The van der Waals surface area contributed by atoms with Gasteiger partial charge in [-0.05, 0) is 25.0 Å². The molecule has 0 radical (unpaired) electrons. The van der Waals surface area contributed by atoms with Gasteiger partial charge in [0, 0.05) is 5.56 Å². The SMILES string of the molecule is COC(=Cc1cccc2c1OS(=O)(=O)CCCCO2)C(=O)O.FC(F)F. The van der Waals surface area contributed by atoms with Gasteiger partial charge in [-0.25, -0.2) is 4.79 Å². The highest BCUT2D eigenvalue weighted by Gasteiger charge is 2.21. The molecule has 1 aromatic rings. The van der Waals surface area contributed by atoms with Crippen LogP contribution in [0.15, 0.2) is 24.0 Å². The molecular formula is C15H17F3O7S. The lowest BCUT2D eigenvalue weighted by Crippen LogP contribution is -2.14. The van der Waals surface area contributed by atoms with Crippen LogP contribution in [0.4, 0.5) is 13.2 Å². The van der Waals surface area contributed by atoms with Crippen molar-refractivity contribution >= 4 is 22.2 Å². The fourth-order valence-electron chi connectivity index (χ4n) is 1.93. The lowest BCUT2D eigenvalue weighted by atomic mass is 10.1. The number of carbonyl (C=O) groups is 1. The molecule has 7 nitrogen and oxygen atoms in total. The number of rotatable bonds is 3. The number of fused-ring (bicyclic) bond motifs is 1. The van der Waals surface area contributed by atoms with Gasteiger partial charge in [-0.15, -0.1) is 0 Å². The molecule has 11 heteroatoms. The third-order valence-electron chi connectivity index (χ3n) is 2.98. The van der Waals surface area contributed by atoms with E-state index in [0.717, 1.165) is 0 Å². The van der Waals surface area contributed by atoms with Gasteiger partial charge in [0.1, 0.15) is 0 Å². The predicted octanol–water partition coefficient (Wildman–Crippen LogP) is 2.82. The highest BCUT2D eigenvalue weighted by molar-refractivity contribution is 7.87. The van der Waals surface area contributed by atoms with Crippen molar-refractivity contribution in [3.8, 4) is 11.5 Å². The zero-order chi connectivity index (χ0) is 19.7. The summed E-state index contributed by atoms with van der Waals surface area (Å²) in [4.78, 5) is 11.0. The molecule has 1 heterocycles. The molecule has 0 saturated heterocycles. The monoisotopic (exact) mass is 398 g/mol. The van der Waals surface area contributed by atoms with Crippen molar-refractivity contribution in [1.82, 2.24) is 0 Å². The topological polar surface area (TPSA) is 99.1 Å². The molecule has 0 aromatic heterocycles. The van der Waals surface area contributed by atoms with E-state index in [-0.39, 0.29) is 28.6 Å². The molecule has 0 unspecified atom stereocenters. The Morgan fingerprint density at radius 3 is 2.54 bits per heavy atom. The van der Waals surface area contributed by atoms with Crippen molar-refractivity contribution in [3.63, 3.8) is 0 Å². The number of aliphatic carboxylic acids is 1. The van der Waals surface area contributed by atoms with Gasteiger partial charge >= 0.3 is 22.8 Å². The quantitative estimate of drug-likeness (QED) is 0.475. The number of para-hydroxylation sites is 1. The van der Waals surface area contributed by atoms with E-state index in [2.05, 4.69) is 0 Å². The van der Waals surface area contributed by atoms with Crippen LogP contribution >= 0.6 is 0 Å². The Labute approximate surface area is 148 Å². The van der Waals surface area contributed by atoms with Crippen molar-refractivity contribution in [2.24, 2.45) is 0 Å². The van der Waals surface area contributed by atoms with Gasteiger partial charge in [-0.2, -0.15) is 21.6 Å². The van der Waals surface area contributed by atoms with Crippen molar-refractivity contribution < 1.29 is 45.1 Å². The first kappa shape index (κ1) is 21.6. The van der Waals surface area contributed by atoms with Crippen LogP contribution in [0.3, 0.4) is 0 Å². The normalized spacial score (nSPS) is 16.4. The van der Waals surface area contributed by atoms with Crippen molar-refractivity contribution in [1.29, 1.82) is 0 Å². The van der Waals surface area contributed by atoms with Crippen LogP contribution < -0.4 is 8.92 Å². The summed E-state index contributed by atoms with van der Waals surface area (Å²) in [7, 11) is -2.55. The summed E-state index contributed by atoms with van der Waals surface area (Å²) in [6, 6.07) is 4.71. The molecule has 0 bridgehead atoms. The zero-order valence-electron chi connectivity index (χ0n) is 13.7. The number of benzene rings is 1. The van der Waals surface area contributed by atoms with E-state index in [1.54, 1.807) is 12.1 Å².